The molecule has 1 saturated heterocycles. The normalized spacial score (nSPS) is 20.0. The Balaban J connectivity index is 1.91. The first-order valence-electron chi connectivity index (χ1n) is 5.86. The van der Waals surface area contributed by atoms with E-state index in [1.807, 2.05) is 20.0 Å². The molecule has 0 spiro atoms. The van der Waals surface area contributed by atoms with E-state index in [0.717, 1.165) is 43.8 Å². The fourth-order valence-corrected chi connectivity index (χ4v) is 1.76. The van der Waals surface area contributed by atoms with Crippen molar-refractivity contribution in [1.82, 2.24) is 15.3 Å². The van der Waals surface area contributed by atoms with Crippen molar-refractivity contribution in [2.24, 2.45) is 0 Å². The number of anilines is 2. The molecule has 17 heavy (non-hydrogen) atoms. The molecule has 1 unspecified atom stereocenters. The topological polar surface area (TPSA) is 71.1 Å². The smallest absolute Gasteiger partial charge is 0.131 e. The number of nitrogens with zero attached hydrogens (tertiary/aromatic N) is 2. The zero-order valence-corrected chi connectivity index (χ0v) is 10.3. The Labute approximate surface area is 101 Å². The molecular weight excluding hydrogens is 218 g/mol. The molecule has 2 heterocycles. The van der Waals surface area contributed by atoms with E-state index in [9.17, 15) is 0 Å². The van der Waals surface area contributed by atoms with E-state index in [2.05, 4.69) is 25.9 Å². The van der Waals surface area contributed by atoms with Gasteiger partial charge in [-0.25, -0.2) is 9.97 Å². The minimum Gasteiger partial charge on any atom is -0.378 e. The molecule has 1 aromatic heterocycles. The second-order valence-corrected chi connectivity index (χ2v) is 4.04. The zero-order chi connectivity index (χ0) is 12.1. The van der Waals surface area contributed by atoms with Gasteiger partial charge in [0.25, 0.3) is 0 Å². The summed E-state index contributed by atoms with van der Waals surface area (Å²) in [6.07, 6.45) is 0. The third-order valence-corrected chi connectivity index (χ3v) is 2.62. The molecule has 1 aromatic rings. The fraction of sp³-hybridized carbons (Fsp3) is 0.636. The lowest BCUT2D eigenvalue weighted by Gasteiger charge is -2.24. The number of ether oxygens (including phenoxy) is 1. The van der Waals surface area contributed by atoms with Crippen molar-refractivity contribution >= 4 is 11.6 Å². The van der Waals surface area contributed by atoms with Crippen molar-refractivity contribution in [3.05, 3.63) is 11.9 Å². The van der Waals surface area contributed by atoms with Gasteiger partial charge in [0.2, 0.25) is 0 Å². The molecule has 3 N–H and O–H groups in total. The SMILES string of the molecule is CNc1cc(NCC2COCCN2)nc(C)n1. The van der Waals surface area contributed by atoms with Gasteiger partial charge in [-0.05, 0) is 6.92 Å². The van der Waals surface area contributed by atoms with Crippen molar-refractivity contribution in [3.63, 3.8) is 0 Å². The van der Waals surface area contributed by atoms with Crippen LogP contribution in [-0.4, -0.2) is 49.4 Å². The Morgan fingerprint density at radius 3 is 3.00 bits per heavy atom. The van der Waals surface area contributed by atoms with E-state index in [1.54, 1.807) is 0 Å². The van der Waals surface area contributed by atoms with Gasteiger partial charge in [-0.15, -0.1) is 0 Å². The molecule has 2 rings (SSSR count). The highest BCUT2D eigenvalue weighted by Gasteiger charge is 2.12. The standard InChI is InChI=1S/C11H19N5O/c1-8-15-10(12-2)5-11(16-8)14-6-9-7-17-4-3-13-9/h5,9,13H,3-4,6-7H2,1-2H3,(H2,12,14,15,16). The van der Waals surface area contributed by atoms with Crippen LogP contribution in [0.1, 0.15) is 5.82 Å². The first-order valence-corrected chi connectivity index (χ1v) is 5.86. The summed E-state index contributed by atoms with van der Waals surface area (Å²) in [5.74, 6) is 2.43. The van der Waals surface area contributed by atoms with Gasteiger partial charge < -0.3 is 20.7 Å². The van der Waals surface area contributed by atoms with Crippen LogP contribution in [0.5, 0.6) is 0 Å². The summed E-state index contributed by atoms with van der Waals surface area (Å²) in [7, 11) is 1.85. The van der Waals surface area contributed by atoms with E-state index in [4.69, 9.17) is 4.74 Å². The summed E-state index contributed by atoms with van der Waals surface area (Å²) in [6, 6.07) is 2.24. The van der Waals surface area contributed by atoms with Gasteiger partial charge in [0.15, 0.2) is 0 Å². The van der Waals surface area contributed by atoms with Gasteiger partial charge >= 0.3 is 0 Å². The average Bonchev–Trinajstić information content (AvgIpc) is 2.37. The maximum Gasteiger partial charge on any atom is 0.131 e. The van der Waals surface area contributed by atoms with Gasteiger partial charge in [-0.3, -0.25) is 0 Å². The van der Waals surface area contributed by atoms with Crippen LogP contribution in [0.2, 0.25) is 0 Å². The lowest BCUT2D eigenvalue weighted by molar-refractivity contribution is 0.0806. The van der Waals surface area contributed by atoms with Gasteiger partial charge in [0.1, 0.15) is 17.5 Å². The summed E-state index contributed by atoms with van der Waals surface area (Å²) in [5.41, 5.74) is 0. The molecule has 6 heteroatoms. The Morgan fingerprint density at radius 2 is 2.29 bits per heavy atom. The second-order valence-electron chi connectivity index (χ2n) is 4.04. The van der Waals surface area contributed by atoms with E-state index in [0.29, 0.717) is 6.04 Å². The number of rotatable bonds is 4. The molecule has 0 aliphatic carbocycles. The number of aryl methyl sites for hydroxylation is 1. The largest absolute Gasteiger partial charge is 0.378 e. The van der Waals surface area contributed by atoms with Crippen LogP contribution >= 0.6 is 0 Å². The Hall–Kier alpha value is -1.40. The average molecular weight is 237 g/mol. The first kappa shape index (κ1) is 12.1. The maximum absolute atomic E-state index is 5.39. The van der Waals surface area contributed by atoms with Crippen LogP contribution in [-0.2, 0) is 4.74 Å². The molecule has 6 nitrogen and oxygen atoms in total. The number of morpholine rings is 1. The summed E-state index contributed by atoms with van der Waals surface area (Å²) in [6.45, 7) is 5.15. The molecule has 0 radical (unpaired) electrons. The van der Waals surface area contributed by atoms with E-state index < -0.39 is 0 Å². The molecule has 94 valence electrons. The summed E-state index contributed by atoms with van der Waals surface area (Å²) in [5, 5.41) is 9.70. The first-order chi connectivity index (χ1) is 8.28. The molecule has 1 aliphatic rings. The Kier molecular flexibility index (Phi) is 4.11. The van der Waals surface area contributed by atoms with Crippen molar-refractivity contribution in [2.75, 3.05) is 44.0 Å². The lowest BCUT2D eigenvalue weighted by Crippen LogP contribution is -2.45. The molecule has 0 bridgehead atoms. The van der Waals surface area contributed by atoms with Crippen LogP contribution < -0.4 is 16.0 Å². The van der Waals surface area contributed by atoms with Gasteiger partial charge in [-0.2, -0.15) is 0 Å². The third-order valence-electron chi connectivity index (χ3n) is 2.62. The third kappa shape index (κ3) is 3.54. The molecule has 1 aliphatic heterocycles. The monoisotopic (exact) mass is 237 g/mol. The molecule has 0 amide bonds. The second kappa shape index (κ2) is 5.79. The number of nitrogens with one attached hydrogen (secondary N) is 3. The minimum atomic E-state index is 0.344. The van der Waals surface area contributed by atoms with Gasteiger partial charge in [0, 0.05) is 32.2 Å². The van der Waals surface area contributed by atoms with E-state index in [1.165, 1.54) is 0 Å². The summed E-state index contributed by atoms with van der Waals surface area (Å²) >= 11 is 0. The van der Waals surface area contributed by atoms with Crippen LogP contribution in [0.25, 0.3) is 0 Å². The minimum absolute atomic E-state index is 0.344. The van der Waals surface area contributed by atoms with Gasteiger partial charge in [0.05, 0.1) is 13.2 Å². The Bertz CT molecular complexity index is 365. The van der Waals surface area contributed by atoms with Crippen molar-refractivity contribution in [2.45, 2.75) is 13.0 Å². The van der Waals surface area contributed by atoms with Crippen molar-refractivity contribution in [1.29, 1.82) is 0 Å². The van der Waals surface area contributed by atoms with E-state index in [-0.39, 0.29) is 0 Å². The van der Waals surface area contributed by atoms with Crippen LogP contribution in [0.4, 0.5) is 11.6 Å². The van der Waals surface area contributed by atoms with Crippen molar-refractivity contribution < 1.29 is 4.74 Å². The zero-order valence-electron chi connectivity index (χ0n) is 10.3. The van der Waals surface area contributed by atoms with E-state index >= 15 is 0 Å². The molecule has 1 fully saturated rings. The molecule has 0 aromatic carbocycles. The highest BCUT2D eigenvalue weighted by Crippen LogP contribution is 2.10. The quantitative estimate of drug-likeness (QED) is 0.696. The van der Waals surface area contributed by atoms with Crippen molar-refractivity contribution in [3.8, 4) is 0 Å². The number of aromatic nitrogens is 2. The molecule has 1 atom stereocenters. The number of hydrogen-bond acceptors (Lipinski definition) is 6. The predicted molar refractivity (Wildman–Crippen MR) is 67.4 cm³/mol. The van der Waals surface area contributed by atoms with Crippen LogP contribution in [0, 0.1) is 6.92 Å². The highest BCUT2D eigenvalue weighted by atomic mass is 16.5. The van der Waals surface area contributed by atoms with Crippen LogP contribution in [0.15, 0.2) is 6.07 Å². The summed E-state index contributed by atoms with van der Waals surface area (Å²) < 4.78 is 5.39. The molecule has 0 saturated carbocycles. The summed E-state index contributed by atoms with van der Waals surface area (Å²) in [4.78, 5) is 8.58. The number of hydrogen-bond donors (Lipinski definition) is 3. The lowest BCUT2D eigenvalue weighted by atomic mass is 10.3. The Morgan fingerprint density at radius 1 is 1.47 bits per heavy atom. The van der Waals surface area contributed by atoms with Gasteiger partial charge in [-0.1, -0.05) is 0 Å². The predicted octanol–water partition coefficient (Wildman–Crippen LogP) is 0.227. The van der Waals surface area contributed by atoms with Crippen LogP contribution in [0.3, 0.4) is 0 Å². The molecular formula is C11H19N5O. The maximum atomic E-state index is 5.39. The highest BCUT2D eigenvalue weighted by molar-refractivity contribution is 5.47. The fourth-order valence-electron chi connectivity index (χ4n) is 1.76.